The highest BCUT2D eigenvalue weighted by Crippen LogP contribution is 2.20. The van der Waals surface area contributed by atoms with Gasteiger partial charge in [0, 0.05) is 21.8 Å². The molecule has 14 heavy (non-hydrogen) atoms. The first kappa shape index (κ1) is 11.6. The molecule has 0 aromatic carbocycles. The Bertz CT molecular complexity index is 303. The van der Waals surface area contributed by atoms with Gasteiger partial charge in [0.15, 0.2) is 0 Å². The Labute approximate surface area is 94.7 Å². The van der Waals surface area contributed by atoms with Crippen LogP contribution in [0.25, 0.3) is 0 Å². The standard InChI is InChI=1S/C8H11BrN2O2S/c1-10-11-8(12)4-13-3-7-2-6(9)5-14-7/h2,5,10H,3-4H2,1H3,(H,11,12). The fourth-order valence-electron chi connectivity index (χ4n) is 0.849. The van der Waals surface area contributed by atoms with E-state index >= 15 is 0 Å². The summed E-state index contributed by atoms with van der Waals surface area (Å²) in [6.45, 7) is 0.532. The van der Waals surface area contributed by atoms with Gasteiger partial charge >= 0.3 is 0 Å². The third kappa shape index (κ3) is 4.19. The third-order valence-electron chi connectivity index (χ3n) is 1.36. The van der Waals surface area contributed by atoms with Gasteiger partial charge in [0.1, 0.15) is 6.61 Å². The van der Waals surface area contributed by atoms with Crippen LogP contribution in [0.15, 0.2) is 15.9 Å². The maximum absolute atomic E-state index is 10.9. The minimum absolute atomic E-state index is 0.0658. The second kappa shape index (κ2) is 6.13. The minimum Gasteiger partial charge on any atom is -0.366 e. The highest BCUT2D eigenvalue weighted by molar-refractivity contribution is 9.10. The number of hydrazine groups is 1. The molecule has 0 spiro atoms. The van der Waals surface area contributed by atoms with Crippen LogP contribution < -0.4 is 10.9 Å². The average Bonchev–Trinajstić information content (AvgIpc) is 2.52. The summed E-state index contributed by atoms with van der Waals surface area (Å²) in [5.74, 6) is -0.178. The lowest BCUT2D eigenvalue weighted by molar-refractivity contribution is -0.126. The predicted octanol–water partition coefficient (Wildman–Crippen LogP) is 1.28. The summed E-state index contributed by atoms with van der Waals surface area (Å²) in [7, 11) is 1.63. The van der Waals surface area contributed by atoms with Crippen molar-refractivity contribution in [2.75, 3.05) is 13.7 Å². The first-order valence-corrected chi connectivity index (χ1v) is 5.66. The van der Waals surface area contributed by atoms with E-state index in [1.165, 1.54) is 0 Å². The van der Waals surface area contributed by atoms with Gasteiger partial charge in [-0.1, -0.05) is 0 Å². The molecule has 0 radical (unpaired) electrons. The van der Waals surface area contributed by atoms with Crippen LogP contribution in [-0.2, 0) is 16.1 Å². The first-order valence-electron chi connectivity index (χ1n) is 3.98. The highest BCUT2D eigenvalue weighted by Gasteiger charge is 2.01. The lowest BCUT2D eigenvalue weighted by Gasteiger charge is -2.02. The second-order valence-electron chi connectivity index (χ2n) is 2.52. The minimum atomic E-state index is -0.178. The first-order chi connectivity index (χ1) is 6.72. The number of thiophene rings is 1. The Morgan fingerprint density at radius 1 is 1.71 bits per heavy atom. The van der Waals surface area contributed by atoms with Gasteiger partial charge in [-0.3, -0.25) is 10.2 Å². The van der Waals surface area contributed by atoms with Crippen LogP contribution in [0.5, 0.6) is 0 Å². The number of ether oxygens (including phenoxy) is 1. The molecule has 0 unspecified atom stereocenters. The normalized spacial score (nSPS) is 10.1. The molecule has 0 aliphatic carbocycles. The van der Waals surface area contributed by atoms with Crippen LogP contribution in [0.1, 0.15) is 4.88 Å². The van der Waals surface area contributed by atoms with E-state index in [2.05, 4.69) is 26.8 Å². The summed E-state index contributed by atoms with van der Waals surface area (Å²) in [6, 6.07) is 1.97. The van der Waals surface area contributed by atoms with Gasteiger partial charge in [0.05, 0.1) is 6.61 Å². The third-order valence-corrected chi connectivity index (χ3v) is 3.03. The number of hydrogen-bond donors (Lipinski definition) is 2. The van der Waals surface area contributed by atoms with Crippen molar-refractivity contribution in [1.29, 1.82) is 0 Å². The smallest absolute Gasteiger partial charge is 0.260 e. The van der Waals surface area contributed by atoms with E-state index in [0.717, 1.165) is 9.35 Å². The van der Waals surface area contributed by atoms with Crippen LogP contribution in [0.3, 0.4) is 0 Å². The van der Waals surface area contributed by atoms with Crippen molar-refractivity contribution in [3.63, 3.8) is 0 Å². The van der Waals surface area contributed by atoms with Gasteiger partial charge < -0.3 is 4.74 Å². The molecule has 0 atom stereocenters. The van der Waals surface area contributed by atoms with Gasteiger partial charge in [0.25, 0.3) is 5.91 Å². The molecule has 1 amide bonds. The predicted molar refractivity (Wildman–Crippen MR) is 58.9 cm³/mol. The molecule has 1 rings (SSSR count). The van der Waals surface area contributed by atoms with Crippen molar-refractivity contribution in [2.45, 2.75) is 6.61 Å². The molecule has 0 aliphatic rings. The van der Waals surface area contributed by atoms with Gasteiger partial charge in [0.2, 0.25) is 0 Å². The van der Waals surface area contributed by atoms with Crippen molar-refractivity contribution >= 4 is 33.2 Å². The molecular weight excluding hydrogens is 268 g/mol. The quantitative estimate of drug-likeness (QED) is 0.798. The lowest BCUT2D eigenvalue weighted by atomic mass is 10.5. The molecule has 2 N–H and O–H groups in total. The number of hydrogen-bond acceptors (Lipinski definition) is 4. The number of nitrogens with one attached hydrogen (secondary N) is 2. The zero-order valence-electron chi connectivity index (χ0n) is 7.67. The summed E-state index contributed by atoms with van der Waals surface area (Å²) >= 11 is 4.94. The van der Waals surface area contributed by atoms with E-state index < -0.39 is 0 Å². The number of amides is 1. The molecule has 0 saturated heterocycles. The van der Waals surface area contributed by atoms with Gasteiger partial charge in [-0.2, -0.15) is 0 Å². The molecule has 6 heteroatoms. The Kier molecular flexibility index (Phi) is 5.10. The molecule has 0 bridgehead atoms. The number of carbonyl (C=O) groups is 1. The molecule has 4 nitrogen and oxygen atoms in total. The topological polar surface area (TPSA) is 50.4 Å². The van der Waals surface area contributed by atoms with Crippen LogP contribution in [0.4, 0.5) is 0 Å². The SMILES string of the molecule is CNNC(=O)COCc1cc(Br)cs1. The molecule has 0 fully saturated rings. The monoisotopic (exact) mass is 278 g/mol. The van der Waals surface area contributed by atoms with Crippen molar-refractivity contribution < 1.29 is 9.53 Å². The van der Waals surface area contributed by atoms with E-state index in [9.17, 15) is 4.79 Å². The fraction of sp³-hybridized carbons (Fsp3) is 0.375. The van der Waals surface area contributed by atoms with Gasteiger partial charge in [-0.15, -0.1) is 11.3 Å². The summed E-state index contributed by atoms with van der Waals surface area (Å²) in [4.78, 5) is 12.0. The maximum atomic E-state index is 10.9. The maximum Gasteiger partial charge on any atom is 0.260 e. The number of rotatable bonds is 5. The Morgan fingerprint density at radius 2 is 2.50 bits per heavy atom. The molecular formula is C8H11BrN2O2S. The molecule has 1 aromatic heterocycles. The summed E-state index contributed by atoms with van der Waals surface area (Å²) in [5.41, 5.74) is 4.95. The molecule has 78 valence electrons. The van der Waals surface area contributed by atoms with Crippen molar-refractivity contribution in [2.24, 2.45) is 0 Å². The van der Waals surface area contributed by atoms with Crippen LogP contribution in [0.2, 0.25) is 0 Å². The van der Waals surface area contributed by atoms with E-state index in [1.807, 2.05) is 11.4 Å². The Balaban J connectivity index is 2.18. The molecule has 1 heterocycles. The lowest BCUT2D eigenvalue weighted by Crippen LogP contribution is -2.36. The summed E-state index contributed by atoms with van der Waals surface area (Å²) in [5, 5.41) is 1.98. The second-order valence-corrected chi connectivity index (χ2v) is 4.43. The van der Waals surface area contributed by atoms with Crippen molar-refractivity contribution in [3.05, 3.63) is 20.8 Å². The van der Waals surface area contributed by atoms with Crippen LogP contribution >= 0.6 is 27.3 Å². The van der Waals surface area contributed by atoms with Crippen LogP contribution in [0, 0.1) is 0 Å². The van der Waals surface area contributed by atoms with Crippen molar-refractivity contribution in [1.82, 2.24) is 10.9 Å². The van der Waals surface area contributed by atoms with Crippen molar-refractivity contribution in [3.8, 4) is 0 Å². The van der Waals surface area contributed by atoms with Crippen LogP contribution in [-0.4, -0.2) is 19.6 Å². The summed E-state index contributed by atoms with van der Waals surface area (Å²) in [6.07, 6.45) is 0. The molecule has 0 aliphatic heterocycles. The molecule has 1 aromatic rings. The Morgan fingerprint density at radius 3 is 3.07 bits per heavy atom. The van der Waals surface area contributed by atoms with E-state index in [0.29, 0.717) is 6.61 Å². The van der Waals surface area contributed by atoms with E-state index in [4.69, 9.17) is 4.74 Å². The Hall–Kier alpha value is -0.430. The highest BCUT2D eigenvalue weighted by atomic mass is 79.9. The van der Waals surface area contributed by atoms with Gasteiger partial charge in [-0.25, -0.2) is 5.43 Å². The fourth-order valence-corrected chi connectivity index (χ4v) is 2.24. The molecule has 0 saturated carbocycles. The zero-order chi connectivity index (χ0) is 10.4. The average molecular weight is 279 g/mol. The van der Waals surface area contributed by atoms with E-state index in [-0.39, 0.29) is 12.5 Å². The summed E-state index contributed by atoms with van der Waals surface area (Å²) < 4.78 is 6.23. The van der Waals surface area contributed by atoms with Gasteiger partial charge in [-0.05, 0) is 22.0 Å². The largest absolute Gasteiger partial charge is 0.366 e. The van der Waals surface area contributed by atoms with E-state index in [1.54, 1.807) is 18.4 Å². The number of halogens is 1. The number of carbonyl (C=O) groups excluding carboxylic acids is 1. The zero-order valence-corrected chi connectivity index (χ0v) is 10.1.